The molecule has 1 heterocycles. The van der Waals surface area contributed by atoms with E-state index in [-0.39, 0.29) is 0 Å². The minimum atomic E-state index is 0.899. The molecule has 0 aliphatic rings. The van der Waals surface area contributed by atoms with Gasteiger partial charge < -0.3 is 4.42 Å². The van der Waals surface area contributed by atoms with Gasteiger partial charge in [-0.2, -0.15) is 0 Å². The van der Waals surface area contributed by atoms with Crippen molar-refractivity contribution in [2.24, 2.45) is 0 Å². The van der Waals surface area contributed by atoms with E-state index in [0.29, 0.717) is 0 Å². The van der Waals surface area contributed by atoms with Gasteiger partial charge in [0.15, 0.2) is 0 Å². The fraction of sp³-hybridized carbons (Fsp3) is 0. The van der Waals surface area contributed by atoms with Crippen LogP contribution in [0.15, 0.2) is 186 Å². The number of fused-ring (bicyclic) bond motifs is 6. The van der Waals surface area contributed by atoms with Crippen molar-refractivity contribution in [1.29, 1.82) is 0 Å². The van der Waals surface area contributed by atoms with Gasteiger partial charge in [0.1, 0.15) is 11.2 Å². The molecule has 0 aliphatic carbocycles. The van der Waals surface area contributed by atoms with Gasteiger partial charge in [-0.25, -0.2) is 0 Å². The van der Waals surface area contributed by atoms with Gasteiger partial charge in [0, 0.05) is 16.3 Å². The average Bonchev–Trinajstić information content (AvgIpc) is 3.57. The van der Waals surface area contributed by atoms with Crippen LogP contribution in [-0.4, -0.2) is 0 Å². The van der Waals surface area contributed by atoms with E-state index in [2.05, 4.69) is 182 Å². The van der Waals surface area contributed by atoms with Crippen LogP contribution in [-0.2, 0) is 0 Å². The molecule has 0 saturated carbocycles. The topological polar surface area (TPSA) is 13.1 Å². The van der Waals surface area contributed by atoms with Gasteiger partial charge in [0.05, 0.1) is 0 Å². The Bertz CT molecular complexity index is 2810. The van der Waals surface area contributed by atoms with Crippen molar-refractivity contribution in [1.82, 2.24) is 0 Å². The Balaban J connectivity index is 1.33. The summed E-state index contributed by atoms with van der Waals surface area (Å²) < 4.78 is 6.72. The monoisotopic (exact) mass is 622 g/mol. The van der Waals surface area contributed by atoms with E-state index in [0.717, 1.165) is 33.1 Å². The van der Waals surface area contributed by atoms with Crippen LogP contribution in [0, 0.1) is 0 Å². The molecular formula is C48H30O. The molecule has 0 atom stereocenters. The van der Waals surface area contributed by atoms with Crippen LogP contribution in [0.25, 0.3) is 98.8 Å². The zero-order valence-corrected chi connectivity index (χ0v) is 26.7. The van der Waals surface area contributed by atoms with Crippen LogP contribution in [0.2, 0.25) is 0 Å². The molecule has 1 nitrogen and oxygen atoms in total. The summed E-state index contributed by atoms with van der Waals surface area (Å²) >= 11 is 0. The summed E-state index contributed by atoms with van der Waals surface area (Å²) in [6.45, 7) is 0. The molecule has 1 aromatic heterocycles. The molecule has 49 heavy (non-hydrogen) atoms. The van der Waals surface area contributed by atoms with E-state index < -0.39 is 0 Å². The van der Waals surface area contributed by atoms with Crippen LogP contribution < -0.4 is 0 Å². The fourth-order valence-corrected chi connectivity index (χ4v) is 7.99. The lowest BCUT2D eigenvalue weighted by molar-refractivity contribution is 0.670. The highest BCUT2D eigenvalue weighted by Crippen LogP contribution is 2.50. The zero-order valence-electron chi connectivity index (χ0n) is 26.7. The van der Waals surface area contributed by atoms with Crippen molar-refractivity contribution in [2.45, 2.75) is 0 Å². The van der Waals surface area contributed by atoms with Crippen molar-refractivity contribution in [2.75, 3.05) is 0 Å². The molecule has 0 unspecified atom stereocenters. The van der Waals surface area contributed by atoms with Gasteiger partial charge in [-0.1, -0.05) is 170 Å². The lowest BCUT2D eigenvalue weighted by atomic mass is 9.82. The predicted octanol–water partition coefficient (Wildman–Crippen LogP) is 13.7. The molecule has 0 spiro atoms. The first kappa shape index (κ1) is 27.7. The Morgan fingerprint density at radius 2 is 0.776 bits per heavy atom. The van der Waals surface area contributed by atoms with E-state index in [4.69, 9.17) is 4.42 Å². The third-order valence-electron chi connectivity index (χ3n) is 10.1. The molecule has 9 aromatic carbocycles. The SMILES string of the molecule is c1ccc(-c2ccc(-c3c4ccccc4c(-c4ccccc4-c4cccc5ccccc45)c4ccccc34)c3c2oc2ccccc23)cc1. The number of benzene rings is 9. The quantitative estimate of drug-likeness (QED) is 0.178. The van der Waals surface area contributed by atoms with Crippen LogP contribution >= 0.6 is 0 Å². The lowest BCUT2D eigenvalue weighted by Crippen LogP contribution is -1.93. The summed E-state index contributed by atoms with van der Waals surface area (Å²) in [6, 6.07) is 65.6. The van der Waals surface area contributed by atoms with Gasteiger partial charge in [-0.05, 0) is 83.4 Å². The van der Waals surface area contributed by atoms with Crippen molar-refractivity contribution < 1.29 is 4.42 Å². The standard InChI is InChI=1S/C48H30O/c1-2-15-32(16-3-1)34-29-30-43(47-42-26-12-13-28-44(42)49-48(34)47)46-40-24-10-8-22-38(40)45(39-23-9-11-25-41(39)46)37-21-7-6-20-36(37)35-27-14-18-31-17-4-5-19-33(31)35/h1-30H. The van der Waals surface area contributed by atoms with Gasteiger partial charge >= 0.3 is 0 Å². The number of rotatable bonds is 4. The summed E-state index contributed by atoms with van der Waals surface area (Å²) in [5.74, 6) is 0. The molecule has 0 radical (unpaired) electrons. The average molecular weight is 623 g/mol. The Morgan fingerprint density at radius 1 is 0.286 bits per heavy atom. The molecule has 1 heteroatoms. The van der Waals surface area contributed by atoms with E-state index in [1.807, 2.05) is 0 Å². The molecule has 228 valence electrons. The van der Waals surface area contributed by atoms with Gasteiger partial charge in [0.25, 0.3) is 0 Å². The van der Waals surface area contributed by atoms with Crippen molar-refractivity contribution in [3.8, 4) is 44.5 Å². The van der Waals surface area contributed by atoms with E-state index >= 15 is 0 Å². The van der Waals surface area contributed by atoms with Gasteiger partial charge in [-0.3, -0.25) is 0 Å². The van der Waals surface area contributed by atoms with Crippen LogP contribution in [0.1, 0.15) is 0 Å². The van der Waals surface area contributed by atoms with Crippen molar-refractivity contribution >= 4 is 54.3 Å². The maximum atomic E-state index is 6.72. The molecule has 10 rings (SSSR count). The molecule has 0 fully saturated rings. The minimum Gasteiger partial charge on any atom is -0.455 e. The molecule has 0 bridgehead atoms. The van der Waals surface area contributed by atoms with Crippen LogP contribution in [0.3, 0.4) is 0 Å². The smallest absolute Gasteiger partial charge is 0.143 e. The molecule has 0 N–H and O–H groups in total. The third kappa shape index (κ3) is 4.26. The van der Waals surface area contributed by atoms with Crippen molar-refractivity contribution in [3.05, 3.63) is 182 Å². The Kier molecular flexibility index (Phi) is 6.25. The summed E-state index contributed by atoms with van der Waals surface area (Å²) in [6.07, 6.45) is 0. The molecule has 0 saturated heterocycles. The number of hydrogen-bond acceptors (Lipinski definition) is 1. The molecule has 10 aromatic rings. The molecule has 0 aliphatic heterocycles. The largest absolute Gasteiger partial charge is 0.455 e. The minimum absolute atomic E-state index is 0.899. The first-order valence-corrected chi connectivity index (χ1v) is 16.9. The first-order valence-electron chi connectivity index (χ1n) is 16.9. The Hall–Kier alpha value is -6.44. The number of para-hydroxylation sites is 1. The van der Waals surface area contributed by atoms with Gasteiger partial charge in [0.2, 0.25) is 0 Å². The van der Waals surface area contributed by atoms with Crippen LogP contribution in [0.4, 0.5) is 0 Å². The Morgan fingerprint density at radius 3 is 1.49 bits per heavy atom. The highest BCUT2D eigenvalue weighted by atomic mass is 16.3. The highest BCUT2D eigenvalue weighted by molar-refractivity contribution is 6.27. The summed E-state index contributed by atoms with van der Waals surface area (Å²) in [5.41, 5.74) is 11.4. The normalized spacial score (nSPS) is 11.7. The van der Waals surface area contributed by atoms with E-state index in [1.54, 1.807) is 0 Å². The first-order chi connectivity index (χ1) is 24.3. The highest BCUT2D eigenvalue weighted by Gasteiger charge is 2.23. The van der Waals surface area contributed by atoms with Crippen LogP contribution in [0.5, 0.6) is 0 Å². The fourth-order valence-electron chi connectivity index (χ4n) is 7.99. The maximum Gasteiger partial charge on any atom is 0.143 e. The number of furan rings is 1. The summed E-state index contributed by atoms with van der Waals surface area (Å²) in [5, 5.41) is 9.70. The Labute approximate surface area is 284 Å². The van der Waals surface area contributed by atoms with Gasteiger partial charge in [-0.15, -0.1) is 0 Å². The second kappa shape index (κ2) is 11.1. The van der Waals surface area contributed by atoms with E-state index in [1.165, 1.54) is 65.7 Å². The maximum absolute atomic E-state index is 6.72. The molecule has 0 amide bonds. The lowest BCUT2D eigenvalue weighted by Gasteiger charge is -2.20. The zero-order chi connectivity index (χ0) is 32.3. The summed E-state index contributed by atoms with van der Waals surface area (Å²) in [4.78, 5) is 0. The molecular weight excluding hydrogens is 593 g/mol. The second-order valence-corrected chi connectivity index (χ2v) is 12.7. The third-order valence-corrected chi connectivity index (χ3v) is 10.1. The van der Waals surface area contributed by atoms with E-state index in [9.17, 15) is 0 Å². The number of hydrogen-bond donors (Lipinski definition) is 0. The summed E-state index contributed by atoms with van der Waals surface area (Å²) in [7, 11) is 0. The van der Waals surface area contributed by atoms with Crippen molar-refractivity contribution in [3.63, 3.8) is 0 Å². The second-order valence-electron chi connectivity index (χ2n) is 12.7. The predicted molar refractivity (Wildman–Crippen MR) is 208 cm³/mol.